The Morgan fingerprint density at radius 3 is 2.50 bits per heavy atom. The standard InChI is InChI=1S/C14H22OSi/c1-12-8-7-10-14(15)13(12)9-5-6-11-16(2,3)4/h5,7-10H2,1-4H3. The van der Waals surface area contributed by atoms with Crippen LogP contribution in [-0.2, 0) is 4.79 Å². The lowest BCUT2D eigenvalue weighted by Crippen LogP contribution is -2.16. The summed E-state index contributed by atoms with van der Waals surface area (Å²) in [5, 5.41) is 0. The van der Waals surface area contributed by atoms with Crippen molar-refractivity contribution in [2.75, 3.05) is 0 Å². The highest BCUT2D eigenvalue weighted by molar-refractivity contribution is 6.83. The van der Waals surface area contributed by atoms with Crippen molar-refractivity contribution in [3.63, 3.8) is 0 Å². The third-order valence-electron chi connectivity index (χ3n) is 2.77. The van der Waals surface area contributed by atoms with Gasteiger partial charge < -0.3 is 0 Å². The molecule has 0 saturated carbocycles. The number of allylic oxidation sites excluding steroid dienone is 2. The summed E-state index contributed by atoms with van der Waals surface area (Å²) in [7, 11) is -1.24. The van der Waals surface area contributed by atoms with Crippen molar-refractivity contribution >= 4 is 13.9 Å². The van der Waals surface area contributed by atoms with E-state index < -0.39 is 8.07 Å². The second-order valence-electron chi connectivity index (χ2n) is 5.59. The van der Waals surface area contributed by atoms with Gasteiger partial charge in [0.05, 0.1) is 0 Å². The van der Waals surface area contributed by atoms with Gasteiger partial charge in [0.2, 0.25) is 0 Å². The lowest BCUT2D eigenvalue weighted by Gasteiger charge is -2.15. The highest BCUT2D eigenvalue weighted by atomic mass is 28.3. The summed E-state index contributed by atoms with van der Waals surface area (Å²) in [6.07, 6.45) is 4.59. The van der Waals surface area contributed by atoms with Gasteiger partial charge in [0.1, 0.15) is 8.07 Å². The summed E-state index contributed by atoms with van der Waals surface area (Å²) < 4.78 is 0. The van der Waals surface area contributed by atoms with Crippen LogP contribution >= 0.6 is 0 Å². The molecule has 1 aliphatic rings. The van der Waals surface area contributed by atoms with Gasteiger partial charge in [-0.2, -0.15) is 0 Å². The van der Waals surface area contributed by atoms with Crippen LogP contribution in [0.25, 0.3) is 0 Å². The topological polar surface area (TPSA) is 17.1 Å². The zero-order chi connectivity index (χ0) is 12.2. The molecule has 0 atom stereocenters. The SMILES string of the molecule is CC1=C(CCC#C[Si](C)(C)C)C(=O)CCC1. The van der Waals surface area contributed by atoms with E-state index in [2.05, 4.69) is 38.0 Å². The largest absolute Gasteiger partial charge is 0.295 e. The van der Waals surface area contributed by atoms with Crippen LogP contribution in [0.2, 0.25) is 19.6 Å². The van der Waals surface area contributed by atoms with Gasteiger partial charge in [-0.15, -0.1) is 11.5 Å². The number of carbonyl (C=O) groups excluding carboxylic acids is 1. The van der Waals surface area contributed by atoms with E-state index in [1.807, 2.05) is 0 Å². The number of ketones is 1. The summed E-state index contributed by atoms with van der Waals surface area (Å²) in [4.78, 5) is 11.7. The van der Waals surface area contributed by atoms with Crippen molar-refractivity contribution < 1.29 is 4.79 Å². The third-order valence-corrected chi connectivity index (χ3v) is 3.70. The van der Waals surface area contributed by atoms with Gasteiger partial charge in [-0.3, -0.25) is 4.79 Å². The summed E-state index contributed by atoms with van der Waals surface area (Å²) in [5.74, 6) is 3.60. The predicted molar refractivity (Wildman–Crippen MR) is 71.9 cm³/mol. The maximum atomic E-state index is 11.7. The molecule has 1 nitrogen and oxygen atoms in total. The Hall–Kier alpha value is -0.813. The quantitative estimate of drug-likeness (QED) is 0.526. The molecule has 0 radical (unpaired) electrons. The first kappa shape index (κ1) is 13.3. The Morgan fingerprint density at radius 1 is 1.25 bits per heavy atom. The molecule has 0 aromatic rings. The zero-order valence-corrected chi connectivity index (χ0v) is 11.9. The average Bonchev–Trinajstić information content (AvgIpc) is 2.14. The summed E-state index contributed by atoms with van der Waals surface area (Å²) in [6.45, 7) is 8.83. The molecule has 0 amide bonds. The Morgan fingerprint density at radius 2 is 1.94 bits per heavy atom. The molecule has 0 aliphatic heterocycles. The molecule has 0 bridgehead atoms. The number of hydrogen-bond acceptors (Lipinski definition) is 1. The van der Waals surface area contributed by atoms with Gasteiger partial charge in [0, 0.05) is 12.8 Å². The summed E-state index contributed by atoms with van der Waals surface area (Å²) >= 11 is 0. The van der Waals surface area contributed by atoms with Gasteiger partial charge in [-0.1, -0.05) is 25.2 Å². The van der Waals surface area contributed by atoms with Crippen molar-refractivity contribution in [1.82, 2.24) is 0 Å². The molecule has 0 spiro atoms. The van der Waals surface area contributed by atoms with Crippen LogP contribution in [0.1, 0.15) is 39.0 Å². The van der Waals surface area contributed by atoms with Crippen LogP contribution in [0.3, 0.4) is 0 Å². The fraction of sp³-hybridized carbons (Fsp3) is 0.643. The van der Waals surface area contributed by atoms with Gasteiger partial charge in [-0.25, -0.2) is 0 Å². The summed E-state index contributed by atoms with van der Waals surface area (Å²) in [6, 6.07) is 0. The highest BCUT2D eigenvalue weighted by Crippen LogP contribution is 2.24. The second-order valence-corrected chi connectivity index (χ2v) is 10.3. The number of Topliss-reactive ketones (excluding diaryl/α,β-unsaturated/α-hetero) is 1. The minimum absolute atomic E-state index is 0.360. The van der Waals surface area contributed by atoms with Crippen molar-refractivity contribution in [2.45, 2.75) is 58.7 Å². The molecule has 0 N–H and O–H groups in total. The number of carbonyl (C=O) groups is 1. The van der Waals surface area contributed by atoms with Crippen molar-refractivity contribution in [1.29, 1.82) is 0 Å². The fourth-order valence-electron chi connectivity index (χ4n) is 1.92. The Bertz CT molecular complexity index is 360. The van der Waals surface area contributed by atoms with Crippen LogP contribution < -0.4 is 0 Å². The lowest BCUT2D eigenvalue weighted by atomic mass is 9.89. The van der Waals surface area contributed by atoms with E-state index >= 15 is 0 Å². The fourth-order valence-corrected chi connectivity index (χ4v) is 2.58. The molecule has 1 rings (SSSR count). The first-order valence-electron chi connectivity index (χ1n) is 6.12. The maximum absolute atomic E-state index is 11.7. The first-order chi connectivity index (χ1) is 7.40. The van der Waals surface area contributed by atoms with Crippen molar-refractivity contribution in [3.8, 4) is 11.5 Å². The molecule has 16 heavy (non-hydrogen) atoms. The Kier molecular flexibility index (Phi) is 4.55. The van der Waals surface area contributed by atoms with E-state index in [-0.39, 0.29) is 0 Å². The molecule has 0 saturated heterocycles. The molecular weight excluding hydrogens is 212 g/mol. The normalized spacial score (nSPS) is 17.1. The predicted octanol–water partition coefficient (Wildman–Crippen LogP) is 3.72. The third kappa shape index (κ3) is 4.36. The molecule has 2 heteroatoms. The smallest absolute Gasteiger partial charge is 0.158 e. The monoisotopic (exact) mass is 234 g/mol. The van der Waals surface area contributed by atoms with E-state index in [9.17, 15) is 4.79 Å². The average molecular weight is 234 g/mol. The van der Waals surface area contributed by atoms with Gasteiger partial charge >= 0.3 is 0 Å². The first-order valence-corrected chi connectivity index (χ1v) is 9.62. The Labute approximate surface area is 100 Å². The zero-order valence-electron chi connectivity index (χ0n) is 10.9. The molecule has 0 fully saturated rings. The maximum Gasteiger partial charge on any atom is 0.158 e. The summed E-state index contributed by atoms with van der Waals surface area (Å²) in [5.41, 5.74) is 5.71. The van der Waals surface area contributed by atoms with Crippen LogP contribution in [-0.4, -0.2) is 13.9 Å². The second kappa shape index (κ2) is 5.50. The van der Waals surface area contributed by atoms with Crippen molar-refractivity contribution in [2.24, 2.45) is 0 Å². The molecule has 0 heterocycles. The Balaban J connectivity index is 2.54. The van der Waals surface area contributed by atoms with Crippen LogP contribution in [0.5, 0.6) is 0 Å². The van der Waals surface area contributed by atoms with E-state index in [0.29, 0.717) is 5.78 Å². The van der Waals surface area contributed by atoms with Crippen molar-refractivity contribution in [3.05, 3.63) is 11.1 Å². The molecule has 1 aliphatic carbocycles. The highest BCUT2D eigenvalue weighted by Gasteiger charge is 2.16. The van der Waals surface area contributed by atoms with Crippen LogP contribution in [0.15, 0.2) is 11.1 Å². The number of rotatable bonds is 2. The van der Waals surface area contributed by atoms with Gasteiger partial charge in [0.25, 0.3) is 0 Å². The van der Waals surface area contributed by atoms with E-state index in [0.717, 1.165) is 37.7 Å². The lowest BCUT2D eigenvalue weighted by molar-refractivity contribution is -0.116. The van der Waals surface area contributed by atoms with E-state index in [4.69, 9.17) is 0 Å². The molecular formula is C14H22OSi. The van der Waals surface area contributed by atoms with E-state index in [1.165, 1.54) is 5.57 Å². The minimum Gasteiger partial charge on any atom is -0.295 e. The molecule has 0 unspecified atom stereocenters. The van der Waals surface area contributed by atoms with Gasteiger partial charge in [0.15, 0.2) is 5.78 Å². The van der Waals surface area contributed by atoms with Crippen LogP contribution in [0.4, 0.5) is 0 Å². The molecule has 0 aromatic heterocycles. The molecule has 0 aromatic carbocycles. The van der Waals surface area contributed by atoms with Gasteiger partial charge in [-0.05, 0) is 31.8 Å². The molecule has 88 valence electrons. The minimum atomic E-state index is -1.24. The van der Waals surface area contributed by atoms with Crippen LogP contribution in [0, 0.1) is 11.5 Å². The number of hydrogen-bond donors (Lipinski definition) is 0. The van der Waals surface area contributed by atoms with E-state index in [1.54, 1.807) is 0 Å².